The molecule has 0 fully saturated rings. The van der Waals surface area contributed by atoms with E-state index >= 15 is 0 Å². The molecule has 0 saturated heterocycles. The molecular weight excluding hydrogens is 286 g/mol. The van der Waals surface area contributed by atoms with E-state index in [0.717, 1.165) is 19.3 Å². The van der Waals surface area contributed by atoms with Crippen LogP contribution in [-0.2, 0) is 14.3 Å². The first-order chi connectivity index (χ1) is 10.5. The lowest BCUT2D eigenvalue weighted by Gasteiger charge is -2.31. The van der Waals surface area contributed by atoms with Gasteiger partial charge in [0.05, 0.1) is 6.61 Å². The first kappa shape index (κ1) is 16.1. The number of nitrogen functional groups attached to an aromatic ring is 1. The Hall–Kier alpha value is -2.31. The second-order valence-corrected chi connectivity index (χ2v) is 5.17. The van der Waals surface area contributed by atoms with Crippen LogP contribution in [0.15, 0.2) is 12.1 Å². The van der Waals surface area contributed by atoms with Crippen molar-refractivity contribution in [3.05, 3.63) is 12.1 Å². The van der Waals surface area contributed by atoms with Gasteiger partial charge in [-0.2, -0.15) is 0 Å². The fourth-order valence-electron chi connectivity index (χ4n) is 2.17. The highest BCUT2D eigenvalue weighted by Crippen LogP contribution is 2.32. The zero-order chi connectivity index (χ0) is 16.1. The molecule has 2 rings (SSSR count). The van der Waals surface area contributed by atoms with Crippen molar-refractivity contribution in [2.45, 2.75) is 39.2 Å². The number of rotatable bonds is 6. The Labute approximate surface area is 129 Å². The van der Waals surface area contributed by atoms with Crippen molar-refractivity contribution in [2.75, 3.05) is 23.8 Å². The number of hydrogen-bond donors (Lipinski definition) is 1. The predicted molar refractivity (Wildman–Crippen MR) is 81.6 cm³/mol. The van der Waals surface area contributed by atoms with Crippen molar-refractivity contribution in [1.29, 1.82) is 0 Å². The van der Waals surface area contributed by atoms with Crippen LogP contribution in [0.5, 0.6) is 5.75 Å². The maximum Gasteiger partial charge on any atom is 0.326 e. The molecule has 0 spiro atoms. The average Bonchev–Trinajstić information content (AvgIpc) is 2.49. The summed E-state index contributed by atoms with van der Waals surface area (Å²) in [6, 6.07) is 3.22. The Morgan fingerprint density at radius 3 is 2.95 bits per heavy atom. The Morgan fingerprint density at radius 1 is 1.45 bits per heavy atom. The predicted octanol–water partition coefficient (Wildman–Crippen LogP) is 1.51. The Morgan fingerprint density at radius 2 is 2.23 bits per heavy atom. The maximum atomic E-state index is 12.2. The van der Waals surface area contributed by atoms with Crippen molar-refractivity contribution in [3.63, 3.8) is 0 Å². The summed E-state index contributed by atoms with van der Waals surface area (Å²) in [6.07, 6.45) is 2.19. The number of fused-ring (bicyclic) bond motifs is 1. The molecule has 1 aliphatic rings. The molecule has 1 aromatic rings. The highest BCUT2D eigenvalue weighted by atomic mass is 16.5. The zero-order valence-electron chi connectivity index (χ0n) is 12.9. The van der Waals surface area contributed by atoms with Gasteiger partial charge in [0.2, 0.25) is 0 Å². The van der Waals surface area contributed by atoms with Crippen LogP contribution in [0.2, 0.25) is 0 Å². The number of aromatic nitrogens is 1. The zero-order valence-corrected chi connectivity index (χ0v) is 12.9. The molecule has 1 amide bonds. The summed E-state index contributed by atoms with van der Waals surface area (Å²) in [5.74, 6) is 0.143. The van der Waals surface area contributed by atoms with Crippen molar-refractivity contribution in [3.8, 4) is 5.75 Å². The number of esters is 1. The van der Waals surface area contributed by atoms with Gasteiger partial charge in [0.1, 0.15) is 12.4 Å². The highest BCUT2D eigenvalue weighted by molar-refractivity contribution is 6.02. The molecule has 1 unspecified atom stereocenters. The molecule has 0 saturated carbocycles. The summed E-state index contributed by atoms with van der Waals surface area (Å²) in [4.78, 5) is 29.5. The third-order valence-electron chi connectivity index (χ3n) is 3.33. The van der Waals surface area contributed by atoms with Crippen LogP contribution in [0, 0.1) is 0 Å². The number of nitrogens with zero attached hydrogens (tertiary/aromatic N) is 2. The first-order valence-corrected chi connectivity index (χ1v) is 7.43. The summed E-state index contributed by atoms with van der Waals surface area (Å²) in [5, 5.41) is 0. The lowest BCUT2D eigenvalue weighted by Crippen LogP contribution is -2.47. The van der Waals surface area contributed by atoms with Crippen LogP contribution >= 0.6 is 0 Å². The number of anilines is 2. The van der Waals surface area contributed by atoms with E-state index in [1.165, 1.54) is 4.90 Å². The van der Waals surface area contributed by atoms with Gasteiger partial charge in [-0.25, -0.2) is 4.98 Å². The number of amides is 1. The lowest BCUT2D eigenvalue weighted by molar-refractivity contribution is -0.143. The third-order valence-corrected chi connectivity index (χ3v) is 3.33. The Kier molecular flexibility index (Phi) is 5.19. The molecular formula is C15H21N3O4. The molecule has 2 N–H and O–H groups in total. The SMILES string of the molecule is CCCCCOC(=O)CN1C(=O)C(C)Oc2ccc(N)nc21. The van der Waals surface area contributed by atoms with Crippen molar-refractivity contribution in [1.82, 2.24) is 4.98 Å². The van der Waals surface area contributed by atoms with Gasteiger partial charge < -0.3 is 15.2 Å². The average molecular weight is 307 g/mol. The molecule has 2 heterocycles. The van der Waals surface area contributed by atoms with Gasteiger partial charge in [0, 0.05) is 0 Å². The molecule has 0 aliphatic carbocycles. The molecule has 120 valence electrons. The quantitative estimate of drug-likeness (QED) is 0.632. The van der Waals surface area contributed by atoms with Gasteiger partial charge in [0.25, 0.3) is 5.91 Å². The molecule has 0 bridgehead atoms. The van der Waals surface area contributed by atoms with E-state index in [1.54, 1.807) is 19.1 Å². The summed E-state index contributed by atoms with van der Waals surface area (Å²) in [5.41, 5.74) is 5.65. The van der Waals surface area contributed by atoms with E-state index in [0.29, 0.717) is 12.4 Å². The lowest BCUT2D eigenvalue weighted by atomic mass is 10.2. The topological polar surface area (TPSA) is 94.8 Å². The third kappa shape index (κ3) is 3.66. The highest BCUT2D eigenvalue weighted by Gasteiger charge is 2.34. The summed E-state index contributed by atoms with van der Waals surface area (Å²) >= 11 is 0. The number of ether oxygens (including phenoxy) is 2. The summed E-state index contributed by atoms with van der Waals surface area (Å²) < 4.78 is 10.6. The number of unbranched alkanes of at least 4 members (excludes halogenated alkanes) is 2. The van der Waals surface area contributed by atoms with E-state index in [4.69, 9.17) is 15.2 Å². The van der Waals surface area contributed by atoms with Gasteiger partial charge in [-0.1, -0.05) is 19.8 Å². The fourth-order valence-corrected chi connectivity index (χ4v) is 2.17. The van der Waals surface area contributed by atoms with Crippen LogP contribution in [-0.4, -0.2) is 36.1 Å². The van der Waals surface area contributed by atoms with Crippen LogP contribution in [0.25, 0.3) is 0 Å². The molecule has 0 aromatic carbocycles. The van der Waals surface area contributed by atoms with E-state index in [9.17, 15) is 9.59 Å². The number of carbonyl (C=O) groups is 2. The van der Waals surface area contributed by atoms with Gasteiger partial charge >= 0.3 is 5.97 Å². The van der Waals surface area contributed by atoms with Crippen molar-refractivity contribution < 1.29 is 19.1 Å². The normalized spacial score (nSPS) is 16.9. The second-order valence-electron chi connectivity index (χ2n) is 5.17. The largest absolute Gasteiger partial charge is 0.477 e. The minimum Gasteiger partial charge on any atom is -0.477 e. The van der Waals surface area contributed by atoms with Crippen LogP contribution in [0.1, 0.15) is 33.1 Å². The molecule has 1 aliphatic heterocycles. The molecule has 22 heavy (non-hydrogen) atoms. The standard InChI is InChI=1S/C15H21N3O4/c1-3-4-5-8-21-13(19)9-18-14-11(6-7-12(16)17-14)22-10(2)15(18)20/h6-7,10H,3-5,8-9H2,1-2H3,(H2,16,17). The Bertz CT molecular complexity index is 562. The van der Waals surface area contributed by atoms with Gasteiger partial charge in [0.15, 0.2) is 17.7 Å². The van der Waals surface area contributed by atoms with Crippen molar-refractivity contribution in [2.24, 2.45) is 0 Å². The number of pyridine rings is 1. The molecule has 7 heteroatoms. The second kappa shape index (κ2) is 7.11. The van der Waals surface area contributed by atoms with Crippen LogP contribution in [0.4, 0.5) is 11.6 Å². The van der Waals surface area contributed by atoms with E-state index in [-0.39, 0.29) is 24.1 Å². The van der Waals surface area contributed by atoms with E-state index < -0.39 is 12.1 Å². The van der Waals surface area contributed by atoms with Crippen LogP contribution < -0.4 is 15.4 Å². The molecule has 1 aromatic heterocycles. The Balaban J connectivity index is 2.07. The van der Waals surface area contributed by atoms with Crippen molar-refractivity contribution >= 4 is 23.5 Å². The molecule has 1 atom stereocenters. The monoisotopic (exact) mass is 307 g/mol. The smallest absolute Gasteiger partial charge is 0.326 e. The summed E-state index contributed by atoms with van der Waals surface area (Å²) in [6.45, 7) is 3.86. The number of carbonyl (C=O) groups excluding carboxylic acids is 2. The maximum absolute atomic E-state index is 12.2. The number of hydrogen-bond acceptors (Lipinski definition) is 6. The number of nitrogens with two attached hydrogens (primary N) is 1. The van der Waals surface area contributed by atoms with Crippen LogP contribution in [0.3, 0.4) is 0 Å². The first-order valence-electron chi connectivity index (χ1n) is 7.43. The minimum absolute atomic E-state index is 0.192. The summed E-state index contributed by atoms with van der Waals surface area (Å²) in [7, 11) is 0. The fraction of sp³-hybridized carbons (Fsp3) is 0.533. The van der Waals surface area contributed by atoms with Gasteiger partial charge in [-0.3, -0.25) is 14.5 Å². The minimum atomic E-state index is -0.675. The molecule has 0 radical (unpaired) electrons. The van der Waals surface area contributed by atoms with E-state index in [1.807, 2.05) is 0 Å². The van der Waals surface area contributed by atoms with Gasteiger partial charge in [-0.15, -0.1) is 0 Å². The molecule has 7 nitrogen and oxygen atoms in total. The van der Waals surface area contributed by atoms with Gasteiger partial charge in [-0.05, 0) is 25.5 Å². The van der Waals surface area contributed by atoms with E-state index in [2.05, 4.69) is 11.9 Å².